The number of likely N-dealkylation sites (N-methyl/N-ethyl adjacent to an activating group) is 1. The van der Waals surface area contributed by atoms with Crippen LogP contribution in [-0.4, -0.2) is 30.6 Å². The maximum Gasteiger partial charge on any atom is 0.0318 e. The van der Waals surface area contributed by atoms with E-state index in [4.69, 9.17) is 5.73 Å². The molecule has 0 aromatic heterocycles. The minimum Gasteiger partial charge on any atom is -0.324 e. The van der Waals surface area contributed by atoms with Gasteiger partial charge in [-0.25, -0.2) is 0 Å². The first-order valence-corrected chi connectivity index (χ1v) is 4.06. The molecule has 10 heavy (non-hydrogen) atoms. The molecule has 1 rings (SSSR count). The summed E-state index contributed by atoms with van der Waals surface area (Å²) < 4.78 is 0. The number of nitrogens with zero attached hydrogens (tertiary/aromatic N) is 1. The van der Waals surface area contributed by atoms with Gasteiger partial charge >= 0.3 is 0 Å². The molecule has 2 atom stereocenters. The van der Waals surface area contributed by atoms with E-state index in [0.29, 0.717) is 5.92 Å². The van der Waals surface area contributed by atoms with Crippen molar-refractivity contribution in [3.05, 3.63) is 0 Å². The maximum absolute atomic E-state index is 6.15. The average Bonchev–Trinajstić information content (AvgIpc) is 2.09. The molecule has 0 radical (unpaired) electrons. The molecule has 2 nitrogen and oxygen atoms in total. The molecule has 0 bridgehead atoms. The quantitative estimate of drug-likeness (QED) is 0.583. The second kappa shape index (κ2) is 2.51. The second-order valence-electron chi connectivity index (χ2n) is 3.68. The summed E-state index contributed by atoms with van der Waals surface area (Å²) in [6, 6.07) is 0. The molecule has 0 spiro atoms. The summed E-state index contributed by atoms with van der Waals surface area (Å²) in [5, 5.41) is 0. The number of rotatable bonds is 1. The predicted octanol–water partition coefficient (Wildman–Crippen LogP) is 0.675. The van der Waals surface area contributed by atoms with Crippen molar-refractivity contribution < 1.29 is 0 Å². The van der Waals surface area contributed by atoms with Crippen LogP contribution >= 0.6 is 0 Å². The van der Waals surface area contributed by atoms with E-state index in [9.17, 15) is 0 Å². The molecule has 0 amide bonds. The van der Waals surface area contributed by atoms with Crippen LogP contribution in [0.1, 0.15) is 20.3 Å². The smallest absolute Gasteiger partial charge is 0.0318 e. The Balaban J connectivity index is 2.61. The summed E-state index contributed by atoms with van der Waals surface area (Å²) in [5.74, 6) is 0.655. The van der Waals surface area contributed by atoms with Crippen LogP contribution in [0.2, 0.25) is 0 Å². The van der Waals surface area contributed by atoms with Gasteiger partial charge in [-0.15, -0.1) is 0 Å². The number of hydrogen-bond acceptors (Lipinski definition) is 2. The summed E-state index contributed by atoms with van der Waals surface area (Å²) in [5.41, 5.74) is 6.24. The standard InChI is InChI=1S/C8H18N2/c1-4-8(9)6-10(3)5-7(8)2/h7H,4-6,9H2,1-3H3. The molecular formula is C8H18N2. The van der Waals surface area contributed by atoms with Gasteiger partial charge in [0.05, 0.1) is 0 Å². The predicted molar refractivity (Wildman–Crippen MR) is 43.9 cm³/mol. The van der Waals surface area contributed by atoms with Crippen LogP contribution in [0.5, 0.6) is 0 Å². The van der Waals surface area contributed by atoms with E-state index in [1.807, 2.05) is 0 Å². The van der Waals surface area contributed by atoms with Crippen molar-refractivity contribution in [2.45, 2.75) is 25.8 Å². The van der Waals surface area contributed by atoms with E-state index in [1.165, 1.54) is 0 Å². The molecule has 1 heterocycles. The number of nitrogens with two attached hydrogens (primary N) is 1. The van der Waals surface area contributed by atoms with Crippen molar-refractivity contribution in [3.8, 4) is 0 Å². The summed E-state index contributed by atoms with van der Waals surface area (Å²) in [6.07, 6.45) is 1.10. The van der Waals surface area contributed by atoms with Crippen LogP contribution in [-0.2, 0) is 0 Å². The Kier molecular flexibility index (Phi) is 2.02. The lowest BCUT2D eigenvalue weighted by atomic mass is 9.87. The van der Waals surface area contributed by atoms with E-state index in [2.05, 4.69) is 25.8 Å². The van der Waals surface area contributed by atoms with Gasteiger partial charge in [-0.2, -0.15) is 0 Å². The molecule has 0 aromatic carbocycles. The first kappa shape index (κ1) is 8.02. The van der Waals surface area contributed by atoms with Gasteiger partial charge in [-0.05, 0) is 19.4 Å². The summed E-state index contributed by atoms with van der Waals surface area (Å²) >= 11 is 0. The Morgan fingerprint density at radius 2 is 2.30 bits per heavy atom. The highest BCUT2D eigenvalue weighted by Crippen LogP contribution is 2.26. The second-order valence-corrected chi connectivity index (χ2v) is 3.68. The third-order valence-electron chi connectivity index (χ3n) is 2.79. The molecule has 2 unspecified atom stereocenters. The van der Waals surface area contributed by atoms with Gasteiger partial charge in [-0.3, -0.25) is 0 Å². The van der Waals surface area contributed by atoms with Gasteiger partial charge in [0, 0.05) is 18.6 Å². The summed E-state index contributed by atoms with van der Waals surface area (Å²) in [4.78, 5) is 2.31. The van der Waals surface area contributed by atoms with E-state index >= 15 is 0 Å². The monoisotopic (exact) mass is 142 g/mol. The molecule has 1 saturated heterocycles. The Bertz CT molecular complexity index is 124. The van der Waals surface area contributed by atoms with Crippen molar-refractivity contribution in [1.29, 1.82) is 0 Å². The van der Waals surface area contributed by atoms with Gasteiger partial charge in [0.2, 0.25) is 0 Å². The Morgan fingerprint density at radius 1 is 1.70 bits per heavy atom. The first-order valence-electron chi connectivity index (χ1n) is 4.06. The highest BCUT2D eigenvalue weighted by atomic mass is 15.2. The molecule has 0 aromatic rings. The average molecular weight is 142 g/mol. The van der Waals surface area contributed by atoms with E-state index < -0.39 is 0 Å². The Morgan fingerprint density at radius 3 is 2.50 bits per heavy atom. The van der Waals surface area contributed by atoms with Crippen molar-refractivity contribution in [1.82, 2.24) is 4.90 Å². The largest absolute Gasteiger partial charge is 0.324 e. The van der Waals surface area contributed by atoms with Gasteiger partial charge < -0.3 is 10.6 Å². The lowest BCUT2D eigenvalue weighted by Crippen LogP contribution is -2.45. The zero-order valence-electron chi connectivity index (χ0n) is 7.22. The van der Waals surface area contributed by atoms with E-state index in [0.717, 1.165) is 19.5 Å². The third kappa shape index (κ3) is 1.18. The van der Waals surface area contributed by atoms with Crippen LogP contribution in [0.15, 0.2) is 0 Å². The molecule has 1 aliphatic heterocycles. The van der Waals surface area contributed by atoms with Gasteiger partial charge in [-0.1, -0.05) is 13.8 Å². The number of likely N-dealkylation sites (tertiary alicyclic amines) is 1. The molecular weight excluding hydrogens is 124 g/mol. The van der Waals surface area contributed by atoms with E-state index in [1.54, 1.807) is 0 Å². The molecule has 2 heteroatoms. The maximum atomic E-state index is 6.15. The zero-order chi connectivity index (χ0) is 7.78. The fourth-order valence-corrected chi connectivity index (χ4v) is 1.83. The van der Waals surface area contributed by atoms with Crippen LogP contribution in [0.25, 0.3) is 0 Å². The summed E-state index contributed by atoms with van der Waals surface area (Å²) in [6.45, 7) is 6.64. The molecule has 0 aliphatic carbocycles. The van der Waals surface area contributed by atoms with E-state index in [-0.39, 0.29) is 5.54 Å². The van der Waals surface area contributed by atoms with Crippen molar-refractivity contribution in [3.63, 3.8) is 0 Å². The molecule has 1 aliphatic rings. The fraction of sp³-hybridized carbons (Fsp3) is 1.00. The van der Waals surface area contributed by atoms with Crippen LogP contribution < -0.4 is 5.73 Å². The minimum absolute atomic E-state index is 0.0920. The normalized spacial score (nSPS) is 42.6. The van der Waals surface area contributed by atoms with Gasteiger partial charge in [0.15, 0.2) is 0 Å². The van der Waals surface area contributed by atoms with Crippen molar-refractivity contribution in [2.24, 2.45) is 11.7 Å². The van der Waals surface area contributed by atoms with Gasteiger partial charge in [0.1, 0.15) is 0 Å². The zero-order valence-corrected chi connectivity index (χ0v) is 7.22. The van der Waals surface area contributed by atoms with Gasteiger partial charge in [0.25, 0.3) is 0 Å². The number of hydrogen-bond donors (Lipinski definition) is 1. The van der Waals surface area contributed by atoms with Crippen molar-refractivity contribution >= 4 is 0 Å². The highest BCUT2D eigenvalue weighted by Gasteiger charge is 2.37. The lowest BCUT2D eigenvalue weighted by molar-refractivity contribution is 0.341. The minimum atomic E-state index is 0.0920. The SMILES string of the molecule is CCC1(N)CN(C)CC1C. The van der Waals surface area contributed by atoms with Crippen LogP contribution in [0.4, 0.5) is 0 Å². The first-order chi connectivity index (χ1) is 4.58. The van der Waals surface area contributed by atoms with Crippen LogP contribution in [0.3, 0.4) is 0 Å². The molecule has 2 N–H and O–H groups in total. The topological polar surface area (TPSA) is 29.3 Å². The molecule has 0 saturated carbocycles. The lowest BCUT2D eigenvalue weighted by Gasteiger charge is -2.26. The van der Waals surface area contributed by atoms with Crippen LogP contribution in [0, 0.1) is 5.92 Å². The molecule has 1 fully saturated rings. The molecule has 60 valence electrons. The summed E-state index contributed by atoms with van der Waals surface area (Å²) in [7, 11) is 2.14. The highest BCUT2D eigenvalue weighted by molar-refractivity contribution is 4.97. The fourth-order valence-electron chi connectivity index (χ4n) is 1.83. The van der Waals surface area contributed by atoms with Crippen molar-refractivity contribution in [2.75, 3.05) is 20.1 Å². The Hall–Kier alpha value is -0.0800. The third-order valence-corrected chi connectivity index (χ3v) is 2.79. The Labute approximate surface area is 63.4 Å².